The molecule has 0 saturated carbocycles. The molecular formula is C12H16BrN3O. The number of carbonyl (C=O) groups is 1. The predicted octanol–water partition coefficient (Wildman–Crippen LogP) is 2.87. The van der Waals surface area contributed by atoms with E-state index in [2.05, 4.69) is 45.4 Å². The molecule has 1 aromatic rings. The fraction of sp³-hybridized carbons (Fsp3) is 0.500. The molecule has 0 spiro atoms. The second kappa shape index (κ2) is 5.04. The summed E-state index contributed by atoms with van der Waals surface area (Å²) in [7, 11) is 0. The fourth-order valence-electron chi connectivity index (χ4n) is 1.98. The summed E-state index contributed by atoms with van der Waals surface area (Å²) in [5.41, 5.74) is 0.746. The smallest absolute Gasteiger partial charge is 0.229 e. The van der Waals surface area contributed by atoms with Gasteiger partial charge in [0, 0.05) is 17.2 Å². The van der Waals surface area contributed by atoms with Crippen LogP contribution in [0.3, 0.4) is 0 Å². The highest BCUT2D eigenvalue weighted by molar-refractivity contribution is 9.10. The summed E-state index contributed by atoms with van der Waals surface area (Å²) in [4.78, 5) is 16.3. The number of anilines is 2. The Balaban J connectivity index is 2.19. The first-order valence-corrected chi connectivity index (χ1v) is 6.56. The number of carbonyl (C=O) groups excluding carboxylic acids is 1. The van der Waals surface area contributed by atoms with E-state index in [1.165, 1.54) is 0 Å². The van der Waals surface area contributed by atoms with Crippen molar-refractivity contribution in [3.05, 3.63) is 16.7 Å². The molecule has 0 aliphatic carbocycles. The minimum atomic E-state index is 0.00276. The Bertz CT molecular complexity index is 434. The molecule has 0 bridgehead atoms. The quantitative estimate of drug-likeness (QED) is 0.882. The topological polar surface area (TPSA) is 54.0 Å². The van der Waals surface area contributed by atoms with Crippen molar-refractivity contribution in [1.29, 1.82) is 0 Å². The van der Waals surface area contributed by atoms with E-state index in [-0.39, 0.29) is 11.8 Å². The number of halogens is 1. The molecule has 92 valence electrons. The zero-order chi connectivity index (χ0) is 12.4. The highest BCUT2D eigenvalue weighted by atomic mass is 79.9. The van der Waals surface area contributed by atoms with Crippen LogP contribution in [0, 0.1) is 11.8 Å². The Morgan fingerprint density at radius 1 is 1.59 bits per heavy atom. The van der Waals surface area contributed by atoms with Crippen LogP contribution in [0.15, 0.2) is 16.7 Å². The predicted molar refractivity (Wildman–Crippen MR) is 72.0 cm³/mol. The summed E-state index contributed by atoms with van der Waals surface area (Å²) in [5, 5.41) is 6.15. The molecule has 1 atom stereocenters. The van der Waals surface area contributed by atoms with Gasteiger partial charge in [-0.3, -0.25) is 4.79 Å². The molecule has 5 heteroatoms. The lowest BCUT2D eigenvalue weighted by atomic mass is 9.96. The van der Waals surface area contributed by atoms with Gasteiger partial charge in [-0.05, 0) is 34.3 Å². The Morgan fingerprint density at radius 2 is 2.35 bits per heavy atom. The van der Waals surface area contributed by atoms with Gasteiger partial charge < -0.3 is 10.6 Å². The zero-order valence-electron chi connectivity index (χ0n) is 9.96. The highest BCUT2D eigenvalue weighted by Crippen LogP contribution is 2.27. The van der Waals surface area contributed by atoms with Gasteiger partial charge in [0.25, 0.3) is 0 Å². The molecular weight excluding hydrogens is 282 g/mol. The Morgan fingerprint density at radius 3 is 3.06 bits per heavy atom. The highest BCUT2D eigenvalue weighted by Gasteiger charge is 2.24. The van der Waals surface area contributed by atoms with Crippen LogP contribution in [0.1, 0.15) is 20.3 Å². The minimum Gasteiger partial charge on any atom is -0.368 e. The van der Waals surface area contributed by atoms with E-state index in [0.717, 1.165) is 22.4 Å². The Kier molecular flexibility index (Phi) is 3.66. The number of pyridine rings is 1. The summed E-state index contributed by atoms with van der Waals surface area (Å²) >= 11 is 3.35. The van der Waals surface area contributed by atoms with Gasteiger partial charge in [-0.2, -0.15) is 0 Å². The van der Waals surface area contributed by atoms with Gasteiger partial charge >= 0.3 is 0 Å². The van der Waals surface area contributed by atoms with Crippen molar-refractivity contribution >= 4 is 33.3 Å². The maximum absolute atomic E-state index is 12.0. The van der Waals surface area contributed by atoms with Crippen LogP contribution < -0.4 is 10.6 Å². The molecule has 17 heavy (non-hydrogen) atoms. The number of amides is 1. The standard InChI is InChI=1S/C12H16BrN3O/c1-7(2)3-8-5-14-11-10(16-12(8)17)4-9(13)6-15-11/h4,6-8H,3,5H2,1-2H3,(H,14,15)(H,16,17). The van der Waals surface area contributed by atoms with Gasteiger partial charge in [0.1, 0.15) is 5.82 Å². The van der Waals surface area contributed by atoms with Gasteiger partial charge in [-0.15, -0.1) is 0 Å². The molecule has 0 fully saturated rings. The van der Waals surface area contributed by atoms with Crippen LogP contribution in [0.4, 0.5) is 11.5 Å². The molecule has 1 amide bonds. The first-order chi connectivity index (χ1) is 8.06. The lowest BCUT2D eigenvalue weighted by Crippen LogP contribution is -2.27. The maximum atomic E-state index is 12.0. The molecule has 2 rings (SSSR count). The lowest BCUT2D eigenvalue weighted by Gasteiger charge is -2.14. The second-order valence-electron chi connectivity index (χ2n) is 4.75. The average Bonchev–Trinajstić information content (AvgIpc) is 2.38. The number of nitrogens with one attached hydrogen (secondary N) is 2. The number of hydrogen-bond acceptors (Lipinski definition) is 3. The number of aromatic nitrogens is 1. The third-order valence-corrected chi connectivity index (χ3v) is 3.19. The van der Waals surface area contributed by atoms with Crippen LogP contribution in [0.25, 0.3) is 0 Å². The van der Waals surface area contributed by atoms with E-state index in [1.807, 2.05) is 6.07 Å². The van der Waals surface area contributed by atoms with Crippen LogP contribution in [-0.2, 0) is 4.79 Å². The minimum absolute atomic E-state index is 0.00276. The van der Waals surface area contributed by atoms with E-state index in [1.54, 1.807) is 6.20 Å². The molecule has 0 saturated heterocycles. The van der Waals surface area contributed by atoms with E-state index in [4.69, 9.17) is 0 Å². The van der Waals surface area contributed by atoms with Crippen molar-refractivity contribution in [2.45, 2.75) is 20.3 Å². The molecule has 2 heterocycles. The van der Waals surface area contributed by atoms with Gasteiger partial charge in [0.05, 0.1) is 11.6 Å². The van der Waals surface area contributed by atoms with Crippen molar-refractivity contribution in [2.75, 3.05) is 17.2 Å². The van der Waals surface area contributed by atoms with Crippen LogP contribution in [0.5, 0.6) is 0 Å². The van der Waals surface area contributed by atoms with Crippen molar-refractivity contribution in [1.82, 2.24) is 4.98 Å². The summed E-state index contributed by atoms with van der Waals surface area (Å²) in [6, 6.07) is 1.87. The monoisotopic (exact) mass is 297 g/mol. The molecule has 0 radical (unpaired) electrons. The van der Waals surface area contributed by atoms with Crippen molar-refractivity contribution in [2.24, 2.45) is 11.8 Å². The Labute approximate surface area is 109 Å². The van der Waals surface area contributed by atoms with Crippen LogP contribution >= 0.6 is 15.9 Å². The fourth-order valence-corrected chi connectivity index (χ4v) is 2.31. The first-order valence-electron chi connectivity index (χ1n) is 5.76. The van der Waals surface area contributed by atoms with E-state index >= 15 is 0 Å². The van der Waals surface area contributed by atoms with Gasteiger partial charge in [0.15, 0.2) is 0 Å². The summed E-state index contributed by atoms with van der Waals surface area (Å²) in [6.07, 6.45) is 2.61. The van der Waals surface area contributed by atoms with Crippen molar-refractivity contribution in [3.8, 4) is 0 Å². The van der Waals surface area contributed by atoms with E-state index in [9.17, 15) is 4.79 Å². The number of rotatable bonds is 2. The third-order valence-electron chi connectivity index (χ3n) is 2.75. The van der Waals surface area contributed by atoms with E-state index in [0.29, 0.717) is 12.5 Å². The Hall–Kier alpha value is -1.10. The molecule has 1 unspecified atom stereocenters. The number of hydrogen-bond donors (Lipinski definition) is 2. The normalized spacial score (nSPS) is 19.3. The second-order valence-corrected chi connectivity index (χ2v) is 5.66. The SMILES string of the molecule is CC(C)CC1CNc2ncc(Br)cc2NC1=O. The van der Waals surface area contributed by atoms with Gasteiger partial charge in [-0.1, -0.05) is 13.8 Å². The lowest BCUT2D eigenvalue weighted by molar-refractivity contribution is -0.119. The van der Waals surface area contributed by atoms with Crippen LogP contribution in [0.2, 0.25) is 0 Å². The summed E-state index contributed by atoms with van der Waals surface area (Å²) in [6.45, 7) is 4.89. The van der Waals surface area contributed by atoms with Crippen LogP contribution in [-0.4, -0.2) is 17.4 Å². The largest absolute Gasteiger partial charge is 0.368 e. The maximum Gasteiger partial charge on any atom is 0.229 e. The zero-order valence-corrected chi connectivity index (χ0v) is 11.5. The van der Waals surface area contributed by atoms with Crippen molar-refractivity contribution < 1.29 is 4.79 Å². The summed E-state index contributed by atoms with van der Waals surface area (Å²) in [5.74, 6) is 1.33. The first kappa shape index (κ1) is 12.4. The number of nitrogens with zero attached hydrogens (tertiary/aromatic N) is 1. The summed E-state index contributed by atoms with van der Waals surface area (Å²) < 4.78 is 0.862. The average molecular weight is 298 g/mol. The molecule has 2 N–H and O–H groups in total. The third kappa shape index (κ3) is 2.97. The molecule has 0 aromatic carbocycles. The molecule has 1 aliphatic heterocycles. The molecule has 1 aromatic heterocycles. The molecule has 4 nitrogen and oxygen atoms in total. The van der Waals surface area contributed by atoms with Gasteiger partial charge in [0.2, 0.25) is 5.91 Å². The molecule has 1 aliphatic rings. The number of fused-ring (bicyclic) bond motifs is 1. The van der Waals surface area contributed by atoms with E-state index < -0.39 is 0 Å². The van der Waals surface area contributed by atoms with Gasteiger partial charge in [-0.25, -0.2) is 4.98 Å². The van der Waals surface area contributed by atoms with Crippen molar-refractivity contribution in [3.63, 3.8) is 0 Å².